The summed E-state index contributed by atoms with van der Waals surface area (Å²) in [6, 6.07) is 5.83. The predicted molar refractivity (Wildman–Crippen MR) is 116 cm³/mol. The van der Waals surface area contributed by atoms with Crippen LogP contribution in [0.5, 0.6) is 0 Å². The highest BCUT2D eigenvalue weighted by molar-refractivity contribution is 7.95. The Morgan fingerprint density at radius 2 is 1.97 bits per heavy atom. The van der Waals surface area contributed by atoms with E-state index in [1.807, 2.05) is 0 Å². The zero-order valence-electron chi connectivity index (χ0n) is 17.8. The Labute approximate surface area is 188 Å². The van der Waals surface area contributed by atoms with E-state index < -0.39 is 33.4 Å². The molecular weight excluding hydrogens is 457 g/mol. The number of carbonyl (C=O) groups excluding carboxylic acids is 1. The maximum absolute atomic E-state index is 13.1. The molecule has 1 aliphatic rings. The molecule has 3 aromatic rings. The van der Waals surface area contributed by atoms with Crippen molar-refractivity contribution in [3.05, 3.63) is 65.4 Å². The lowest BCUT2D eigenvalue weighted by molar-refractivity contribution is -0.137. The molecule has 2 aromatic heterocycles. The average Bonchev–Trinajstić information content (AvgIpc) is 3.22. The van der Waals surface area contributed by atoms with Gasteiger partial charge in [-0.2, -0.15) is 27.3 Å². The molecule has 8 nitrogen and oxygen atoms in total. The van der Waals surface area contributed by atoms with Crippen molar-refractivity contribution >= 4 is 21.3 Å². The van der Waals surface area contributed by atoms with E-state index in [-0.39, 0.29) is 5.56 Å². The average molecular weight is 479 g/mol. The third-order valence-electron chi connectivity index (χ3n) is 5.12. The van der Waals surface area contributed by atoms with E-state index in [9.17, 15) is 22.2 Å². The first-order valence-electron chi connectivity index (χ1n) is 10.1. The van der Waals surface area contributed by atoms with Gasteiger partial charge in [-0.1, -0.05) is 0 Å². The normalized spacial score (nSPS) is 16.0. The first-order chi connectivity index (χ1) is 15.5. The lowest BCUT2D eigenvalue weighted by Gasteiger charge is -2.17. The molecule has 0 radical (unpaired) electrons. The fourth-order valence-corrected chi connectivity index (χ4v) is 4.83. The van der Waals surface area contributed by atoms with Gasteiger partial charge in [0.2, 0.25) is 0 Å². The fourth-order valence-electron chi connectivity index (χ4n) is 3.38. The zero-order valence-corrected chi connectivity index (χ0v) is 18.7. The van der Waals surface area contributed by atoms with Crippen LogP contribution in [0.25, 0.3) is 5.82 Å². The second kappa shape index (κ2) is 8.58. The first-order valence-corrected chi connectivity index (χ1v) is 12.0. The molecule has 4 rings (SSSR count). The molecule has 1 aliphatic heterocycles. The van der Waals surface area contributed by atoms with Crippen molar-refractivity contribution in [1.82, 2.24) is 25.1 Å². The first kappa shape index (κ1) is 22.9. The van der Waals surface area contributed by atoms with Gasteiger partial charge in [-0.25, -0.2) is 14.2 Å². The minimum Gasteiger partial charge on any atom is -0.342 e. The second-order valence-electron chi connectivity index (χ2n) is 7.81. The number of aryl methyl sites for hydroxylation is 1. The number of aromatic nitrogens is 4. The molecule has 0 spiro atoms. The minimum atomic E-state index is -4.55. The number of amides is 1. The second-order valence-corrected chi connectivity index (χ2v) is 10.4. The molecule has 1 amide bonds. The van der Waals surface area contributed by atoms with Crippen LogP contribution in [0.4, 0.5) is 18.9 Å². The van der Waals surface area contributed by atoms with Gasteiger partial charge in [0.1, 0.15) is 6.33 Å². The maximum Gasteiger partial charge on any atom is 0.416 e. The molecule has 1 fully saturated rings. The van der Waals surface area contributed by atoms with Crippen molar-refractivity contribution < 1.29 is 22.2 Å². The number of pyridine rings is 1. The van der Waals surface area contributed by atoms with Gasteiger partial charge < -0.3 is 5.32 Å². The number of alkyl halides is 3. The smallest absolute Gasteiger partial charge is 0.342 e. The molecule has 1 N–H and O–H groups in total. The van der Waals surface area contributed by atoms with Crippen LogP contribution >= 0.6 is 0 Å². The van der Waals surface area contributed by atoms with Gasteiger partial charge in [0.15, 0.2) is 11.6 Å². The summed E-state index contributed by atoms with van der Waals surface area (Å²) in [6.45, 7) is 3.14. The van der Waals surface area contributed by atoms with Gasteiger partial charge in [0.25, 0.3) is 5.91 Å². The van der Waals surface area contributed by atoms with E-state index in [2.05, 4.69) is 24.7 Å². The standard InChI is InChI=1S/C21H21F3N6O2S/c1-13-8-15(10-16(9-13)21(22,23)24)20(31)28-14(2)19-26-12-27-30(19)18-5-4-17(11-25-18)29-33(32)6-3-7-33/h4-5,8-12,14H,3,6-7H2,1-2H3,(H,28,31)/t14-/m0/s1. The van der Waals surface area contributed by atoms with Crippen LogP contribution < -0.4 is 5.32 Å². The van der Waals surface area contributed by atoms with Crippen molar-refractivity contribution in [3.8, 4) is 5.82 Å². The molecule has 0 unspecified atom stereocenters. The Morgan fingerprint density at radius 1 is 1.21 bits per heavy atom. The Balaban J connectivity index is 1.53. The Morgan fingerprint density at radius 3 is 2.58 bits per heavy atom. The summed E-state index contributed by atoms with van der Waals surface area (Å²) < 4.78 is 57.2. The predicted octanol–water partition coefficient (Wildman–Crippen LogP) is 3.98. The number of benzene rings is 1. The van der Waals surface area contributed by atoms with E-state index in [1.165, 1.54) is 30.2 Å². The van der Waals surface area contributed by atoms with E-state index in [0.29, 0.717) is 34.4 Å². The highest BCUT2D eigenvalue weighted by atomic mass is 32.2. The molecule has 174 valence electrons. The maximum atomic E-state index is 13.1. The quantitative estimate of drug-likeness (QED) is 0.598. The van der Waals surface area contributed by atoms with Crippen LogP contribution in [-0.2, 0) is 15.9 Å². The molecule has 3 heterocycles. The van der Waals surface area contributed by atoms with Crippen LogP contribution in [-0.4, -0.2) is 41.4 Å². The van der Waals surface area contributed by atoms with Crippen molar-refractivity contribution in [2.45, 2.75) is 32.5 Å². The van der Waals surface area contributed by atoms with Crippen LogP contribution in [0.3, 0.4) is 0 Å². The lowest BCUT2D eigenvalue weighted by atomic mass is 10.1. The van der Waals surface area contributed by atoms with Crippen molar-refractivity contribution in [3.63, 3.8) is 0 Å². The highest BCUT2D eigenvalue weighted by Gasteiger charge is 2.31. The van der Waals surface area contributed by atoms with E-state index in [0.717, 1.165) is 18.6 Å². The summed E-state index contributed by atoms with van der Waals surface area (Å²) in [5, 5.41) is 6.79. The van der Waals surface area contributed by atoms with Crippen molar-refractivity contribution in [2.75, 3.05) is 11.5 Å². The third-order valence-corrected chi connectivity index (χ3v) is 7.52. The van der Waals surface area contributed by atoms with Gasteiger partial charge in [0, 0.05) is 17.1 Å². The minimum absolute atomic E-state index is 0.102. The fraction of sp³-hybridized carbons (Fsp3) is 0.333. The molecule has 1 saturated heterocycles. The number of rotatable bonds is 5. The zero-order chi connectivity index (χ0) is 23.8. The van der Waals surface area contributed by atoms with Crippen LogP contribution in [0.15, 0.2) is 47.2 Å². The number of carbonyl (C=O) groups is 1. The van der Waals surface area contributed by atoms with Crippen LogP contribution in [0, 0.1) is 6.92 Å². The monoisotopic (exact) mass is 478 g/mol. The van der Waals surface area contributed by atoms with Gasteiger partial charge in [0.05, 0.1) is 33.2 Å². The molecule has 0 bridgehead atoms. The van der Waals surface area contributed by atoms with Gasteiger partial charge in [-0.3, -0.25) is 4.79 Å². The molecule has 0 saturated carbocycles. The van der Waals surface area contributed by atoms with Crippen molar-refractivity contribution in [1.29, 1.82) is 0 Å². The SMILES string of the molecule is Cc1cc(C(=O)N[C@@H](C)c2ncnn2-c2ccc(N=S3(=O)CCC3)cn2)cc(C(F)(F)F)c1. The summed E-state index contributed by atoms with van der Waals surface area (Å²) >= 11 is 0. The highest BCUT2D eigenvalue weighted by Crippen LogP contribution is 2.30. The molecule has 1 atom stereocenters. The number of nitrogens with zero attached hydrogens (tertiary/aromatic N) is 5. The summed E-state index contributed by atoms with van der Waals surface area (Å²) in [4.78, 5) is 21.1. The molecule has 33 heavy (non-hydrogen) atoms. The van der Waals surface area contributed by atoms with Gasteiger partial charge >= 0.3 is 6.18 Å². The molecule has 1 aromatic carbocycles. The number of hydrogen-bond donors (Lipinski definition) is 1. The summed E-state index contributed by atoms with van der Waals surface area (Å²) in [5.41, 5.74) is -0.161. The lowest BCUT2D eigenvalue weighted by Crippen LogP contribution is -2.29. The largest absolute Gasteiger partial charge is 0.416 e. The van der Waals surface area contributed by atoms with Crippen LogP contribution in [0.1, 0.15) is 46.7 Å². The number of nitrogens with one attached hydrogen (secondary N) is 1. The summed E-state index contributed by atoms with van der Waals surface area (Å²) in [5.74, 6) is 1.25. The van der Waals surface area contributed by atoms with Crippen molar-refractivity contribution in [2.24, 2.45) is 4.36 Å². The van der Waals surface area contributed by atoms with E-state index >= 15 is 0 Å². The summed E-state index contributed by atoms with van der Waals surface area (Å²) in [6.07, 6.45) is -0.874. The van der Waals surface area contributed by atoms with Crippen LogP contribution in [0.2, 0.25) is 0 Å². The Hall–Kier alpha value is -3.28. The van der Waals surface area contributed by atoms with E-state index in [4.69, 9.17) is 0 Å². The number of hydrogen-bond acceptors (Lipinski definition) is 6. The molecular formula is C21H21F3N6O2S. The Bertz CT molecular complexity index is 1300. The Kier molecular flexibility index (Phi) is 5.95. The van der Waals surface area contributed by atoms with Gasteiger partial charge in [-0.05, 0) is 56.2 Å². The third kappa shape index (κ3) is 5.05. The van der Waals surface area contributed by atoms with Gasteiger partial charge in [-0.15, -0.1) is 0 Å². The topological polar surface area (TPSA) is 102 Å². The summed E-state index contributed by atoms with van der Waals surface area (Å²) in [7, 11) is -2.15. The van der Waals surface area contributed by atoms with E-state index in [1.54, 1.807) is 19.1 Å². The molecule has 0 aliphatic carbocycles. The molecule has 12 heteroatoms. The number of halogens is 3.